The quantitative estimate of drug-likeness (QED) is 0.719. The fraction of sp³-hybridized carbons (Fsp3) is 0.200. The number of fused-ring (bicyclic) bond motifs is 1. The molecule has 4 heteroatoms. The second-order valence-electron chi connectivity index (χ2n) is 4.22. The minimum atomic E-state index is 0.706. The molecule has 0 saturated heterocycles. The van der Waals surface area contributed by atoms with Crippen molar-refractivity contribution in [3.8, 4) is 16.2 Å². The van der Waals surface area contributed by atoms with Gasteiger partial charge in [-0.3, -0.25) is 0 Å². The highest BCUT2D eigenvalue weighted by atomic mass is 32.1. The first-order chi connectivity index (χ1) is 9.40. The first kappa shape index (κ1) is 12.1. The smallest absolute Gasteiger partial charge is 0.135 e. The van der Waals surface area contributed by atoms with E-state index < -0.39 is 0 Å². The summed E-state index contributed by atoms with van der Waals surface area (Å²) < 4.78 is 9.76. The Morgan fingerprint density at radius 2 is 2.11 bits per heavy atom. The Hall–Kier alpha value is -1.94. The lowest BCUT2D eigenvalue weighted by atomic mass is 10.0. The van der Waals surface area contributed by atoms with Gasteiger partial charge >= 0.3 is 0 Å². The van der Waals surface area contributed by atoms with Crippen molar-refractivity contribution in [2.45, 2.75) is 13.3 Å². The number of hydrogen-bond donors (Lipinski definition) is 0. The van der Waals surface area contributed by atoms with Crippen LogP contribution in [-0.4, -0.2) is 16.2 Å². The summed E-state index contributed by atoms with van der Waals surface area (Å²) in [5.74, 6) is 0.878. The van der Waals surface area contributed by atoms with Crippen LogP contribution in [0.25, 0.3) is 21.2 Å². The van der Waals surface area contributed by atoms with Crippen LogP contribution in [0.3, 0.4) is 0 Å². The molecule has 1 aromatic heterocycles. The molecular weight excluding hydrogens is 256 g/mol. The van der Waals surface area contributed by atoms with Gasteiger partial charge in [0.2, 0.25) is 0 Å². The van der Waals surface area contributed by atoms with Crippen LogP contribution in [-0.2, 0) is 0 Å². The molecule has 0 saturated carbocycles. The SMILES string of the molecule is CCCOc1ccc2ccccc2c1-c1[c]nns1. The number of aromatic nitrogens is 2. The largest absolute Gasteiger partial charge is 0.493 e. The number of benzene rings is 2. The molecule has 3 nitrogen and oxygen atoms in total. The van der Waals surface area contributed by atoms with Crippen LogP contribution in [0.4, 0.5) is 0 Å². The van der Waals surface area contributed by atoms with Crippen molar-refractivity contribution in [3.05, 3.63) is 42.6 Å². The van der Waals surface area contributed by atoms with Gasteiger partial charge in [-0.15, -0.1) is 5.10 Å². The standard InChI is InChI=1S/C15H13N2OS/c1-2-9-18-13-8-7-11-5-3-4-6-12(11)15(13)14-10-16-17-19-14/h3-8H,2,9H2,1H3. The number of rotatable bonds is 4. The summed E-state index contributed by atoms with van der Waals surface area (Å²) in [5, 5.41) is 6.15. The summed E-state index contributed by atoms with van der Waals surface area (Å²) in [7, 11) is 0. The molecule has 19 heavy (non-hydrogen) atoms. The Labute approximate surface area is 116 Å². The molecule has 0 amide bonds. The molecule has 0 aliphatic rings. The molecule has 0 fully saturated rings. The zero-order valence-corrected chi connectivity index (χ0v) is 11.4. The second kappa shape index (κ2) is 5.36. The summed E-state index contributed by atoms with van der Waals surface area (Å²) in [6.07, 6.45) is 3.92. The third-order valence-electron chi connectivity index (χ3n) is 2.90. The summed E-state index contributed by atoms with van der Waals surface area (Å²) in [6, 6.07) is 12.4. The van der Waals surface area contributed by atoms with Gasteiger partial charge in [0.1, 0.15) is 11.9 Å². The van der Waals surface area contributed by atoms with Crippen molar-refractivity contribution in [3.63, 3.8) is 0 Å². The molecular formula is C15H13N2OS. The normalized spacial score (nSPS) is 10.8. The molecule has 3 rings (SSSR count). The lowest BCUT2D eigenvalue weighted by molar-refractivity contribution is 0.319. The van der Waals surface area contributed by atoms with E-state index in [0.717, 1.165) is 28.0 Å². The molecule has 0 unspecified atom stereocenters. The predicted octanol–water partition coefficient (Wildman–Crippen LogP) is 3.95. The molecule has 0 aliphatic heterocycles. The van der Waals surface area contributed by atoms with Crippen LogP contribution in [0.15, 0.2) is 36.4 Å². The van der Waals surface area contributed by atoms with Crippen molar-refractivity contribution >= 4 is 22.3 Å². The van der Waals surface area contributed by atoms with Gasteiger partial charge in [-0.05, 0) is 34.8 Å². The Bertz CT molecular complexity index is 680. The summed E-state index contributed by atoms with van der Waals surface area (Å²) in [5.41, 5.74) is 1.04. The fourth-order valence-corrected chi connectivity index (χ4v) is 2.61. The average molecular weight is 269 g/mol. The fourth-order valence-electron chi connectivity index (χ4n) is 2.07. The molecule has 0 atom stereocenters. The van der Waals surface area contributed by atoms with Gasteiger partial charge < -0.3 is 4.74 Å². The van der Waals surface area contributed by atoms with E-state index in [0.29, 0.717) is 6.61 Å². The Balaban J connectivity index is 2.22. The number of ether oxygens (including phenoxy) is 1. The van der Waals surface area contributed by atoms with Crippen LogP contribution in [0.5, 0.6) is 5.75 Å². The average Bonchev–Trinajstić information content (AvgIpc) is 2.98. The third kappa shape index (κ3) is 2.31. The summed E-state index contributed by atoms with van der Waals surface area (Å²) in [4.78, 5) is 0.919. The Kier molecular flexibility index (Phi) is 3.42. The van der Waals surface area contributed by atoms with E-state index in [1.165, 1.54) is 16.9 Å². The van der Waals surface area contributed by atoms with Gasteiger partial charge in [-0.1, -0.05) is 41.7 Å². The first-order valence-corrected chi connectivity index (χ1v) is 7.02. The van der Waals surface area contributed by atoms with E-state index in [1.807, 2.05) is 18.2 Å². The molecule has 3 aromatic rings. The Morgan fingerprint density at radius 3 is 2.89 bits per heavy atom. The molecule has 95 valence electrons. The van der Waals surface area contributed by atoms with E-state index >= 15 is 0 Å². The summed E-state index contributed by atoms with van der Waals surface area (Å²) in [6.45, 7) is 2.80. The third-order valence-corrected chi connectivity index (χ3v) is 3.55. The molecule has 0 N–H and O–H groups in total. The van der Waals surface area contributed by atoms with Gasteiger partial charge in [-0.25, -0.2) is 0 Å². The van der Waals surface area contributed by atoms with Gasteiger partial charge in [0.05, 0.1) is 11.5 Å². The van der Waals surface area contributed by atoms with Crippen molar-refractivity contribution in [1.82, 2.24) is 9.59 Å². The van der Waals surface area contributed by atoms with Crippen LogP contribution in [0, 0.1) is 6.20 Å². The molecule has 1 radical (unpaired) electrons. The second-order valence-corrected chi connectivity index (χ2v) is 4.98. The van der Waals surface area contributed by atoms with Crippen LogP contribution in [0.1, 0.15) is 13.3 Å². The van der Waals surface area contributed by atoms with Crippen LogP contribution in [0.2, 0.25) is 0 Å². The maximum absolute atomic E-state index is 5.85. The monoisotopic (exact) mass is 269 g/mol. The highest BCUT2D eigenvalue weighted by Crippen LogP contribution is 2.38. The topological polar surface area (TPSA) is 35.0 Å². The van der Waals surface area contributed by atoms with Gasteiger partial charge in [-0.2, -0.15) is 0 Å². The van der Waals surface area contributed by atoms with Gasteiger partial charge in [0, 0.05) is 5.56 Å². The lowest BCUT2D eigenvalue weighted by Crippen LogP contribution is -1.97. The van der Waals surface area contributed by atoms with Crippen molar-refractivity contribution in [2.24, 2.45) is 0 Å². The van der Waals surface area contributed by atoms with E-state index in [9.17, 15) is 0 Å². The maximum atomic E-state index is 5.85. The number of hydrogen-bond acceptors (Lipinski definition) is 4. The lowest BCUT2D eigenvalue weighted by Gasteiger charge is -2.12. The van der Waals surface area contributed by atoms with Crippen molar-refractivity contribution in [1.29, 1.82) is 0 Å². The Morgan fingerprint density at radius 1 is 1.21 bits per heavy atom. The molecule has 0 aliphatic carbocycles. The van der Waals surface area contributed by atoms with Gasteiger partial charge in [0.15, 0.2) is 0 Å². The number of nitrogens with zero attached hydrogens (tertiary/aromatic N) is 2. The van der Waals surface area contributed by atoms with E-state index in [-0.39, 0.29) is 0 Å². The minimum Gasteiger partial charge on any atom is -0.493 e. The van der Waals surface area contributed by atoms with Gasteiger partial charge in [0.25, 0.3) is 0 Å². The molecule has 2 aromatic carbocycles. The highest BCUT2D eigenvalue weighted by Gasteiger charge is 2.13. The highest BCUT2D eigenvalue weighted by molar-refractivity contribution is 7.09. The van der Waals surface area contributed by atoms with Crippen LogP contribution < -0.4 is 4.74 Å². The maximum Gasteiger partial charge on any atom is 0.135 e. The minimum absolute atomic E-state index is 0.706. The molecule has 1 heterocycles. The van der Waals surface area contributed by atoms with Crippen LogP contribution >= 0.6 is 11.5 Å². The molecule has 0 bridgehead atoms. The molecule has 0 spiro atoms. The van der Waals surface area contributed by atoms with E-state index in [4.69, 9.17) is 4.74 Å². The first-order valence-electron chi connectivity index (χ1n) is 6.25. The zero-order valence-electron chi connectivity index (χ0n) is 10.6. The predicted molar refractivity (Wildman–Crippen MR) is 77.5 cm³/mol. The van der Waals surface area contributed by atoms with E-state index in [2.05, 4.69) is 40.9 Å². The summed E-state index contributed by atoms with van der Waals surface area (Å²) >= 11 is 1.34. The van der Waals surface area contributed by atoms with E-state index in [1.54, 1.807) is 0 Å². The van der Waals surface area contributed by atoms with Crippen molar-refractivity contribution in [2.75, 3.05) is 6.61 Å². The zero-order chi connectivity index (χ0) is 13.1. The van der Waals surface area contributed by atoms with Crippen molar-refractivity contribution < 1.29 is 4.74 Å².